The number of amides is 1. The van der Waals surface area contributed by atoms with Crippen molar-refractivity contribution < 1.29 is 13.9 Å². The van der Waals surface area contributed by atoms with Gasteiger partial charge in [0.25, 0.3) is 5.91 Å². The quantitative estimate of drug-likeness (QED) is 0.150. The fourth-order valence-electron chi connectivity index (χ4n) is 5.23. The van der Waals surface area contributed by atoms with Crippen molar-refractivity contribution in [2.45, 2.75) is 59.4 Å². The maximum absolute atomic E-state index is 15.7. The number of carbonyl (C=O) groups excluding carboxylic acids is 1. The van der Waals surface area contributed by atoms with E-state index >= 15 is 4.39 Å². The SMILES string of the molecule is CCCC(C)Oc1cc(-n2nc(CN(Cc3ccccc3)Cc3ccccc3)[nH]c2=O)c(F)cc1C(=O)Nc1ccccc1C. The second-order valence-electron chi connectivity index (χ2n) is 11.2. The molecule has 0 fully saturated rings. The van der Waals surface area contributed by atoms with Crippen LogP contribution in [0.1, 0.15) is 59.6 Å². The molecule has 9 heteroatoms. The summed E-state index contributed by atoms with van der Waals surface area (Å²) in [5.74, 6) is -0.730. The number of halogens is 1. The van der Waals surface area contributed by atoms with Crippen LogP contribution >= 0.6 is 0 Å². The summed E-state index contributed by atoms with van der Waals surface area (Å²) < 4.78 is 22.9. The summed E-state index contributed by atoms with van der Waals surface area (Å²) >= 11 is 0. The van der Waals surface area contributed by atoms with E-state index in [-0.39, 0.29) is 23.1 Å². The third-order valence-corrected chi connectivity index (χ3v) is 7.47. The number of nitrogens with one attached hydrogen (secondary N) is 2. The number of rotatable bonds is 13. The van der Waals surface area contributed by atoms with Gasteiger partial charge in [-0.3, -0.25) is 14.7 Å². The molecule has 0 aliphatic rings. The van der Waals surface area contributed by atoms with Crippen LogP contribution in [0.15, 0.2) is 102 Å². The van der Waals surface area contributed by atoms with Crippen molar-refractivity contribution in [2.24, 2.45) is 0 Å². The Bertz CT molecular complexity index is 1740. The second-order valence-corrected chi connectivity index (χ2v) is 11.2. The van der Waals surface area contributed by atoms with E-state index in [0.717, 1.165) is 40.3 Å². The fraction of sp³-hybridized carbons (Fsp3) is 0.250. The van der Waals surface area contributed by atoms with Gasteiger partial charge in [-0.05, 0) is 49.1 Å². The van der Waals surface area contributed by atoms with Crippen molar-refractivity contribution >= 4 is 11.6 Å². The molecular weight excluding hydrogens is 569 g/mol. The van der Waals surface area contributed by atoms with E-state index in [0.29, 0.717) is 31.1 Å². The van der Waals surface area contributed by atoms with Crippen molar-refractivity contribution in [3.63, 3.8) is 0 Å². The maximum Gasteiger partial charge on any atom is 0.348 e. The average Bonchev–Trinajstić information content (AvgIpc) is 3.39. The van der Waals surface area contributed by atoms with Crippen LogP contribution in [0.2, 0.25) is 0 Å². The molecule has 5 aromatic rings. The molecule has 1 unspecified atom stereocenters. The van der Waals surface area contributed by atoms with E-state index in [2.05, 4.69) is 20.3 Å². The van der Waals surface area contributed by atoms with Gasteiger partial charge in [-0.2, -0.15) is 4.68 Å². The zero-order valence-corrected chi connectivity index (χ0v) is 25.8. The third-order valence-electron chi connectivity index (χ3n) is 7.47. The van der Waals surface area contributed by atoms with E-state index in [4.69, 9.17) is 4.74 Å². The van der Waals surface area contributed by atoms with Gasteiger partial charge in [0.1, 0.15) is 23.1 Å². The maximum atomic E-state index is 15.7. The van der Waals surface area contributed by atoms with Crippen molar-refractivity contribution in [1.29, 1.82) is 0 Å². The molecule has 0 saturated heterocycles. The van der Waals surface area contributed by atoms with Crippen molar-refractivity contribution in [3.05, 3.63) is 141 Å². The van der Waals surface area contributed by atoms with Crippen molar-refractivity contribution in [2.75, 3.05) is 5.32 Å². The Hall–Kier alpha value is -5.02. The van der Waals surface area contributed by atoms with Gasteiger partial charge in [0, 0.05) is 24.8 Å². The van der Waals surface area contributed by atoms with Gasteiger partial charge in [-0.15, -0.1) is 5.10 Å². The highest BCUT2D eigenvalue weighted by atomic mass is 19.1. The fourth-order valence-corrected chi connectivity index (χ4v) is 5.23. The number of aromatic nitrogens is 3. The normalized spacial score (nSPS) is 11.8. The minimum absolute atomic E-state index is 0.0307. The number of hydrogen-bond donors (Lipinski definition) is 2. The minimum atomic E-state index is -0.772. The van der Waals surface area contributed by atoms with E-state index < -0.39 is 17.4 Å². The summed E-state index contributed by atoms with van der Waals surface area (Å²) in [6.45, 7) is 7.37. The molecule has 0 aliphatic carbocycles. The lowest BCUT2D eigenvalue weighted by molar-refractivity contribution is 0.101. The molecule has 0 radical (unpaired) electrons. The molecule has 0 aliphatic heterocycles. The van der Waals surface area contributed by atoms with E-state index in [1.165, 1.54) is 6.07 Å². The number of ether oxygens (including phenoxy) is 1. The van der Waals surface area contributed by atoms with Crippen molar-refractivity contribution in [1.82, 2.24) is 19.7 Å². The minimum Gasteiger partial charge on any atom is -0.490 e. The zero-order chi connectivity index (χ0) is 31.8. The Kier molecular flexibility index (Phi) is 10.2. The van der Waals surface area contributed by atoms with Crippen LogP contribution in [-0.2, 0) is 19.6 Å². The molecule has 45 heavy (non-hydrogen) atoms. The number of nitrogens with zero attached hydrogens (tertiary/aromatic N) is 3. The van der Waals surface area contributed by atoms with Gasteiger partial charge in [0.15, 0.2) is 0 Å². The van der Waals surface area contributed by atoms with Crippen molar-refractivity contribution in [3.8, 4) is 11.4 Å². The van der Waals surface area contributed by atoms with Crippen LogP contribution in [0, 0.1) is 12.7 Å². The van der Waals surface area contributed by atoms with Crippen LogP contribution in [-0.4, -0.2) is 31.7 Å². The largest absolute Gasteiger partial charge is 0.490 e. The highest BCUT2D eigenvalue weighted by molar-refractivity contribution is 6.06. The third kappa shape index (κ3) is 8.13. The van der Waals surface area contributed by atoms with Crippen LogP contribution in [0.4, 0.5) is 10.1 Å². The summed E-state index contributed by atoms with van der Waals surface area (Å²) in [6.07, 6.45) is 1.36. The molecule has 232 valence electrons. The number of hydrogen-bond acceptors (Lipinski definition) is 5. The first-order valence-electron chi connectivity index (χ1n) is 15.2. The van der Waals surface area contributed by atoms with Gasteiger partial charge in [-0.25, -0.2) is 9.18 Å². The van der Waals surface area contributed by atoms with Gasteiger partial charge in [-0.1, -0.05) is 92.2 Å². The summed E-state index contributed by atoms with van der Waals surface area (Å²) in [7, 11) is 0. The number of H-pyrrole nitrogens is 1. The second kappa shape index (κ2) is 14.6. The van der Waals surface area contributed by atoms with Gasteiger partial charge in [0.2, 0.25) is 0 Å². The van der Waals surface area contributed by atoms with Gasteiger partial charge >= 0.3 is 5.69 Å². The topological polar surface area (TPSA) is 92.2 Å². The lowest BCUT2D eigenvalue weighted by Crippen LogP contribution is -2.23. The zero-order valence-electron chi connectivity index (χ0n) is 25.8. The first-order valence-corrected chi connectivity index (χ1v) is 15.2. The Labute approximate surface area is 262 Å². The molecule has 0 saturated carbocycles. The number of aryl methyl sites for hydroxylation is 1. The summed E-state index contributed by atoms with van der Waals surface area (Å²) in [6, 6.07) is 29.9. The molecule has 4 aromatic carbocycles. The van der Waals surface area contributed by atoms with E-state index in [1.807, 2.05) is 99.6 Å². The Morgan fingerprint density at radius 3 is 2.20 bits per heavy atom. The smallest absolute Gasteiger partial charge is 0.348 e. The van der Waals surface area contributed by atoms with Crippen LogP contribution in [0.5, 0.6) is 5.75 Å². The summed E-state index contributed by atoms with van der Waals surface area (Å²) in [5.41, 5.74) is 3.05. The standard InChI is InChI=1S/C36H38FN5O3/c1-4-13-26(3)45-33-21-32(30(37)20-29(33)35(43)38-31-19-12-11-14-25(31)2)42-36(44)39-34(40-42)24-41(22-27-15-7-5-8-16-27)23-28-17-9-6-10-18-28/h5-12,14-21,26H,4,13,22-24H2,1-3H3,(H,38,43)(H,39,40,44). The van der Waals surface area contributed by atoms with Gasteiger partial charge in [0.05, 0.1) is 18.2 Å². The average molecular weight is 608 g/mol. The lowest BCUT2D eigenvalue weighted by atomic mass is 10.1. The number of aromatic amines is 1. The molecule has 1 aromatic heterocycles. The Morgan fingerprint density at radius 2 is 1.58 bits per heavy atom. The Balaban J connectivity index is 1.46. The predicted octanol–water partition coefficient (Wildman–Crippen LogP) is 7.03. The molecular formula is C36H38FN5O3. The molecule has 2 N–H and O–H groups in total. The first-order chi connectivity index (χ1) is 21.8. The van der Waals surface area contributed by atoms with E-state index in [1.54, 1.807) is 6.07 Å². The molecule has 1 atom stereocenters. The van der Waals surface area contributed by atoms with E-state index in [9.17, 15) is 9.59 Å². The lowest BCUT2D eigenvalue weighted by Gasteiger charge is -2.21. The molecule has 0 bridgehead atoms. The molecule has 8 nitrogen and oxygen atoms in total. The number of anilines is 1. The highest BCUT2D eigenvalue weighted by Crippen LogP contribution is 2.28. The molecule has 0 spiro atoms. The van der Waals surface area contributed by atoms with Crippen LogP contribution in [0.3, 0.4) is 0 Å². The summed E-state index contributed by atoms with van der Waals surface area (Å²) in [5, 5.41) is 7.34. The molecule has 1 amide bonds. The first kappa shape index (κ1) is 31.4. The number of benzene rings is 4. The monoisotopic (exact) mass is 607 g/mol. The predicted molar refractivity (Wildman–Crippen MR) is 174 cm³/mol. The summed E-state index contributed by atoms with van der Waals surface area (Å²) in [4.78, 5) is 31.5. The molecule has 5 rings (SSSR count). The van der Waals surface area contributed by atoms with Crippen LogP contribution < -0.4 is 15.7 Å². The number of para-hydroxylation sites is 1. The molecule has 1 heterocycles. The number of carbonyl (C=O) groups is 1. The highest BCUT2D eigenvalue weighted by Gasteiger charge is 2.23. The van der Waals surface area contributed by atoms with Gasteiger partial charge < -0.3 is 10.1 Å². The Morgan fingerprint density at radius 1 is 0.956 bits per heavy atom. The van der Waals surface area contributed by atoms with Crippen LogP contribution in [0.25, 0.3) is 5.69 Å².